The van der Waals surface area contributed by atoms with E-state index in [1.165, 1.54) is 13.3 Å². The molecule has 0 saturated carbocycles. The summed E-state index contributed by atoms with van der Waals surface area (Å²) in [5, 5.41) is 4.32. The largest absolute Gasteiger partial charge is 0.493 e. The van der Waals surface area contributed by atoms with Crippen molar-refractivity contribution < 1.29 is 19.1 Å². The van der Waals surface area contributed by atoms with Crippen LogP contribution >= 0.6 is 0 Å². The summed E-state index contributed by atoms with van der Waals surface area (Å²) in [6.07, 6.45) is 3.09. The van der Waals surface area contributed by atoms with E-state index < -0.39 is 11.8 Å². The normalized spacial score (nSPS) is 10.8. The van der Waals surface area contributed by atoms with Crippen LogP contribution in [-0.4, -0.2) is 39.8 Å². The van der Waals surface area contributed by atoms with Crippen LogP contribution in [-0.2, 0) is 0 Å². The smallest absolute Gasteiger partial charge is 0.273 e. The lowest BCUT2D eigenvalue weighted by atomic mass is 10.1. The topological polar surface area (TPSA) is 107 Å². The Kier molecular flexibility index (Phi) is 7.09. The molecule has 2 aromatic heterocycles. The van der Waals surface area contributed by atoms with Gasteiger partial charge in [-0.05, 0) is 50.1 Å². The molecule has 0 aliphatic heterocycles. The Bertz CT molecular complexity index is 1090. The highest BCUT2D eigenvalue weighted by Crippen LogP contribution is 2.29. The van der Waals surface area contributed by atoms with Crippen molar-refractivity contribution in [3.8, 4) is 17.3 Å². The second kappa shape index (κ2) is 9.95. The first-order valence-electron chi connectivity index (χ1n) is 10.3. The van der Waals surface area contributed by atoms with Gasteiger partial charge in [-0.25, -0.2) is 9.67 Å². The number of hydrogen-bond acceptors (Lipinski definition) is 6. The van der Waals surface area contributed by atoms with Gasteiger partial charge in [-0.2, -0.15) is 5.10 Å². The third-order valence-corrected chi connectivity index (χ3v) is 4.54. The van der Waals surface area contributed by atoms with Crippen molar-refractivity contribution in [1.82, 2.24) is 25.6 Å². The third kappa shape index (κ3) is 5.05. The van der Waals surface area contributed by atoms with Crippen molar-refractivity contribution >= 4 is 11.8 Å². The summed E-state index contributed by atoms with van der Waals surface area (Å²) in [6, 6.07) is 10.3. The molecule has 2 amide bonds. The Morgan fingerprint density at radius 1 is 1.00 bits per heavy atom. The highest BCUT2D eigenvalue weighted by molar-refractivity contribution is 6.00. The molecule has 0 saturated heterocycles. The zero-order chi connectivity index (χ0) is 23.3. The summed E-state index contributed by atoms with van der Waals surface area (Å²) < 4.78 is 12.6. The molecule has 9 nitrogen and oxygen atoms in total. The fourth-order valence-electron chi connectivity index (χ4n) is 3.16. The lowest BCUT2D eigenvalue weighted by molar-refractivity contribution is 0.0845. The minimum atomic E-state index is -0.490. The molecular weight excluding hydrogens is 410 g/mol. The number of hydrogen-bond donors (Lipinski definition) is 2. The number of aromatic nitrogens is 3. The van der Waals surface area contributed by atoms with E-state index in [0.717, 1.165) is 0 Å². The maximum absolute atomic E-state index is 12.8. The summed E-state index contributed by atoms with van der Waals surface area (Å²) in [5.41, 5.74) is 6.24. The first-order chi connectivity index (χ1) is 15.3. The maximum atomic E-state index is 12.8. The van der Waals surface area contributed by atoms with Crippen molar-refractivity contribution in [3.63, 3.8) is 0 Å². The van der Waals surface area contributed by atoms with Crippen molar-refractivity contribution in [2.75, 3.05) is 7.11 Å². The second-order valence-corrected chi connectivity index (χ2v) is 7.64. The average Bonchev–Trinajstić information content (AvgIpc) is 3.23. The lowest BCUT2D eigenvalue weighted by Crippen LogP contribution is -2.42. The summed E-state index contributed by atoms with van der Waals surface area (Å²) in [7, 11) is 1.50. The van der Waals surface area contributed by atoms with Crippen LogP contribution in [0, 0.1) is 0 Å². The fourth-order valence-corrected chi connectivity index (χ4v) is 3.16. The van der Waals surface area contributed by atoms with E-state index in [4.69, 9.17) is 9.47 Å². The highest BCUT2D eigenvalue weighted by atomic mass is 16.5. The first kappa shape index (κ1) is 22.8. The molecule has 0 unspecified atom stereocenters. The zero-order valence-corrected chi connectivity index (χ0v) is 18.7. The minimum absolute atomic E-state index is 0.00581. The number of carbonyl (C=O) groups is 2. The van der Waals surface area contributed by atoms with Gasteiger partial charge in [-0.1, -0.05) is 19.9 Å². The molecule has 168 valence electrons. The number of nitrogens with zero attached hydrogens (tertiary/aromatic N) is 3. The van der Waals surface area contributed by atoms with Crippen molar-refractivity contribution in [3.05, 3.63) is 65.6 Å². The van der Waals surface area contributed by atoms with Crippen LogP contribution in [0.5, 0.6) is 11.5 Å². The quantitative estimate of drug-likeness (QED) is 0.550. The number of carbonyl (C=O) groups excluding carboxylic acids is 2. The van der Waals surface area contributed by atoms with Crippen LogP contribution in [0.25, 0.3) is 5.82 Å². The number of ether oxygens (including phenoxy) is 2. The molecule has 0 spiro atoms. The molecule has 0 fully saturated rings. The Morgan fingerprint density at radius 2 is 1.75 bits per heavy atom. The van der Waals surface area contributed by atoms with Crippen LogP contribution in [0.3, 0.4) is 0 Å². The SMILES string of the molecule is COc1cc(C(=O)NNC(=O)c2cnn(-c3ccccn3)c2C(C)C)ccc1OC(C)C. The third-order valence-electron chi connectivity index (χ3n) is 4.54. The zero-order valence-electron chi connectivity index (χ0n) is 18.7. The fraction of sp³-hybridized carbons (Fsp3) is 0.304. The van der Waals surface area contributed by atoms with E-state index in [0.29, 0.717) is 34.1 Å². The molecule has 0 aliphatic carbocycles. The van der Waals surface area contributed by atoms with E-state index in [1.807, 2.05) is 45.9 Å². The first-order valence-corrected chi connectivity index (χ1v) is 10.3. The molecule has 0 atom stereocenters. The number of pyridine rings is 1. The van der Waals surface area contributed by atoms with Crippen LogP contribution in [0.2, 0.25) is 0 Å². The molecule has 3 rings (SSSR count). The number of hydrazine groups is 1. The van der Waals surface area contributed by atoms with E-state index in [-0.39, 0.29) is 12.0 Å². The van der Waals surface area contributed by atoms with Crippen molar-refractivity contribution in [1.29, 1.82) is 0 Å². The summed E-state index contributed by atoms with van der Waals surface area (Å²) in [5.74, 6) is 0.596. The molecule has 0 aliphatic rings. The summed E-state index contributed by atoms with van der Waals surface area (Å²) in [4.78, 5) is 29.7. The number of benzene rings is 1. The Labute approximate surface area is 186 Å². The van der Waals surface area contributed by atoms with E-state index in [1.54, 1.807) is 29.1 Å². The van der Waals surface area contributed by atoms with Crippen LogP contribution in [0.1, 0.15) is 60.0 Å². The monoisotopic (exact) mass is 437 g/mol. The van der Waals surface area contributed by atoms with E-state index >= 15 is 0 Å². The van der Waals surface area contributed by atoms with Gasteiger partial charge in [0.15, 0.2) is 17.3 Å². The highest BCUT2D eigenvalue weighted by Gasteiger charge is 2.22. The van der Waals surface area contributed by atoms with Gasteiger partial charge in [0, 0.05) is 11.8 Å². The van der Waals surface area contributed by atoms with Crippen molar-refractivity contribution in [2.45, 2.75) is 39.7 Å². The minimum Gasteiger partial charge on any atom is -0.493 e. The average molecular weight is 438 g/mol. The number of amides is 2. The Hall–Kier alpha value is -3.88. The standard InChI is InChI=1S/C23H27N5O4/c1-14(2)21-17(13-25-28(21)20-8-6-7-11-24-20)23(30)27-26-22(29)16-9-10-18(32-15(3)4)19(12-16)31-5/h6-15H,1-5H3,(H,26,29)(H,27,30). The summed E-state index contributed by atoms with van der Waals surface area (Å²) in [6.45, 7) is 7.71. The second-order valence-electron chi connectivity index (χ2n) is 7.64. The molecule has 0 radical (unpaired) electrons. The maximum Gasteiger partial charge on any atom is 0.273 e. The van der Waals surface area contributed by atoms with Gasteiger partial charge in [0.2, 0.25) is 0 Å². The lowest BCUT2D eigenvalue weighted by Gasteiger charge is -2.15. The number of nitrogens with one attached hydrogen (secondary N) is 2. The van der Waals surface area contributed by atoms with Crippen LogP contribution in [0.15, 0.2) is 48.8 Å². The van der Waals surface area contributed by atoms with Crippen LogP contribution < -0.4 is 20.3 Å². The van der Waals surface area contributed by atoms with Gasteiger partial charge < -0.3 is 9.47 Å². The molecule has 2 N–H and O–H groups in total. The van der Waals surface area contributed by atoms with Gasteiger partial charge in [-0.15, -0.1) is 0 Å². The van der Waals surface area contributed by atoms with Gasteiger partial charge in [0.25, 0.3) is 11.8 Å². The molecule has 9 heteroatoms. The van der Waals surface area contributed by atoms with Gasteiger partial charge in [0.05, 0.1) is 30.7 Å². The van der Waals surface area contributed by atoms with Gasteiger partial charge in [-0.3, -0.25) is 20.4 Å². The van der Waals surface area contributed by atoms with Crippen LogP contribution in [0.4, 0.5) is 0 Å². The summed E-state index contributed by atoms with van der Waals surface area (Å²) >= 11 is 0. The van der Waals surface area contributed by atoms with Gasteiger partial charge in [0.1, 0.15) is 0 Å². The van der Waals surface area contributed by atoms with E-state index in [2.05, 4.69) is 20.9 Å². The molecule has 0 bridgehead atoms. The van der Waals surface area contributed by atoms with E-state index in [9.17, 15) is 9.59 Å². The molecular formula is C23H27N5O4. The predicted octanol–water partition coefficient (Wildman–Crippen LogP) is 3.26. The molecule has 3 aromatic rings. The Balaban J connectivity index is 1.75. The number of methoxy groups -OCH3 is 1. The molecule has 32 heavy (non-hydrogen) atoms. The molecule has 1 aromatic carbocycles. The molecule has 2 heterocycles. The number of rotatable bonds is 7. The van der Waals surface area contributed by atoms with Gasteiger partial charge >= 0.3 is 0 Å². The van der Waals surface area contributed by atoms with Crippen molar-refractivity contribution in [2.24, 2.45) is 0 Å². The predicted molar refractivity (Wildman–Crippen MR) is 119 cm³/mol. The Morgan fingerprint density at radius 3 is 2.38 bits per heavy atom.